The first-order valence-electron chi connectivity index (χ1n) is 6.77. The highest BCUT2D eigenvalue weighted by Gasteiger charge is 2.26. The maximum atomic E-state index is 12.0. The number of rotatable bonds is 5. The van der Waals surface area contributed by atoms with E-state index in [1.54, 1.807) is 0 Å². The Morgan fingerprint density at radius 3 is 2.50 bits per heavy atom. The number of amides is 3. The molecule has 1 saturated heterocycles. The van der Waals surface area contributed by atoms with Gasteiger partial charge in [-0.3, -0.25) is 14.4 Å². The van der Waals surface area contributed by atoms with E-state index in [4.69, 9.17) is 5.73 Å². The second-order valence-electron chi connectivity index (χ2n) is 4.69. The summed E-state index contributed by atoms with van der Waals surface area (Å²) >= 11 is 4.05. The summed E-state index contributed by atoms with van der Waals surface area (Å²) in [6.45, 7) is 0.810. The molecule has 114 valence electrons. The lowest BCUT2D eigenvalue weighted by Gasteiger charge is -2.24. The van der Waals surface area contributed by atoms with E-state index in [9.17, 15) is 14.4 Å². The molecule has 1 heterocycles. The van der Waals surface area contributed by atoms with Crippen LogP contribution in [0, 0.1) is 0 Å². The van der Waals surface area contributed by atoms with Gasteiger partial charge in [-0.1, -0.05) is 0 Å². The van der Waals surface area contributed by atoms with Crippen LogP contribution < -0.4 is 21.7 Å². The SMILES string of the molecule is NCCCC[C@@H]1NC(=O)[C@H](CS)NC(=O)CCNC1=O. The summed E-state index contributed by atoms with van der Waals surface area (Å²) in [6.07, 6.45) is 2.24. The van der Waals surface area contributed by atoms with Gasteiger partial charge >= 0.3 is 0 Å². The minimum atomic E-state index is -0.714. The highest BCUT2D eigenvalue weighted by Crippen LogP contribution is 2.03. The molecular weight excluding hydrogens is 280 g/mol. The second kappa shape index (κ2) is 8.80. The van der Waals surface area contributed by atoms with Gasteiger partial charge in [-0.05, 0) is 25.8 Å². The zero-order valence-corrected chi connectivity index (χ0v) is 12.2. The molecular formula is C12H22N4O3S. The Kier molecular flexibility index (Phi) is 7.38. The molecule has 0 aromatic heterocycles. The number of carbonyl (C=O) groups excluding carboxylic acids is 3. The zero-order valence-electron chi connectivity index (χ0n) is 11.4. The number of nitrogens with two attached hydrogens (primary N) is 1. The second-order valence-corrected chi connectivity index (χ2v) is 5.05. The lowest BCUT2D eigenvalue weighted by atomic mass is 10.1. The Labute approximate surface area is 123 Å². The fourth-order valence-corrected chi connectivity index (χ4v) is 2.17. The van der Waals surface area contributed by atoms with Gasteiger partial charge in [-0.25, -0.2) is 0 Å². The van der Waals surface area contributed by atoms with Crippen molar-refractivity contribution in [2.45, 2.75) is 37.8 Å². The number of carbonyl (C=O) groups is 3. The number of nitrogens with one attached hydrogen (secondary N) is 3. The van der Waals surface area contributed by atoms with E-state index < -0.39 is 12.1 Å². The molecule has 0 spiro atoms. The zero-order chi connectivity index (χ0) is 15.0. The molecule has 0 unspecified atom stereocenters. The molecule has 1 aliphatic heterocycles. The Morgan fingerprint density at radius 1 is 1.10 bits per heavy atom. The molecule has 0 saturated carbocycles. The van der Waals surface area contributed by atoms with Gasteiger partial charge in [0.1, 0.15) is 12.1 Å². The average molecular weight is 302 g/mol. The first-order chi connectivity index (χ1) is 9.58. The van der Waals surface area contributed by atoms with Crippen LogP contribution in [0.15, 0.2) is 0 Å². The minimum absolute atomic E-state index is 0.152. The quantitative estimate of drug-likeness (QED) is 0.315. The van der Waals surface area contributed by atoms with Gasteiger partial charge in [0.05, 0.1) is 0 Å². The molecule has 0 aromatic carbocycles. The molecule has 7 nitrogen and oxygen atoms in total. The smallest absolute Gasteiger partial charge is 0.244 e. The predicted molar refractivity (Wildman–Crippen MR) is 78.2 cm³/mol. The Hall–Kier alpha value is -1.28. The number of thiol groups is 1. The van der Waals surface area contributed by atoms with Crippen molar-refractivity contribution in [3.8, 4) is 0 Å². The van der Waals surface area contributed by atoms with Crippen LogP contribution in [0.3, 0.4) is 0 Å². The van der Waals surface area contributed by atoms with Crippen LogP contribution in [0.5, 0.6) is 0 Å². The van der Waals surface area contributed by atoms with Gasteiger partial charge in [-0.15, -0.1) is 0 Å². The van der Waals surface area contributed by atoms with Crippen molar-refractivity contribution in [1.82, 2.24) is 16.0 Å². The highest BCUT2D eigenvalue weighted by molar-refractivity contribution is 7.80. The number of hydrogen-bond acceptors (Lipinski definition) is 5. The van der Waals surface area contributed by atoms with Crippen molar-refractivity contribution in [2.75, 3.05) is 18.8 Å². The molecule has 0 bridgehead atoms. The van der Waals surface area contributed by atoms with Crippen molar-refractivity contribution < 1.29 is 14.4 Å². The van der Waals surface area contributed by atoms with Gasteiger partial charge in [-0.2, -0.15) is 12.6 Å². The van der Waals surface area contributed by atoms with E-state index in [0.717, 1.165) is 12.8 Å². The maximum absolute atomic E-state index is 12.0. The summed E-state index contributed by atoms with van der Waals surface area (Å²) in [4.78, 5) is 35.5. The van der Waals surface area contributed by atoms with Gasteiger partial charge < -0.3 is 21.7 Å². The van der Waals surface area contributed by atoms with Gasteiger partial charge in [0.2, 0.25) is 17.7 Å². The third-order valence-corrected chi connectivity index (χ3v) is 3.43. The summed E-state index contributed by atoms with van der Waals surface area (Å²) in [7, 11) is 0. The third-order valence-electron chi connectivity index (χ3n) is 3.07. The van der Waals surface area contributed by atoms with Crippen LogP contribution >= 0.6 is 12.6 Å². The van der Waals surface area contributed by atoms with Crippen LogP contribution in [0.4, 0.5) is 0 Å². The van der Waals surface area contributed by atoms with Crippen molar-refractivity contribution in [3.63, 3.8) is 0 Å². The maximum Gasteiger partial charge on any atom is 0.244 e. The molecule has 20 heavy (non-hydrogen) atoms. The number of hydrogen-bond donors (Lipinski definition) is 5. The predicted octanol–water partition coefficient (Wildman–Crippen LogP) is -1.47. The molecule has 1 rings (SSSR count). The Balaban J connectivity index is 2.70. The normalized spacial score (nSPS) is 24.6. The summed E-state index contributed by atoms with van der Waals surface area (Å²) in [5, 5.41) is 7.90. The highest BCUT2D eigenvalue weighted by atomic mass is 32.1. The number of unbranched alkanes of at least 4 members (excludes halogenated alkanes) is 1. The standard InChI is InChI=1S/C12H22N4O3S/c13-5-2-1-3-8-11(18)14-6-4-10(17)15-9(7-20)12(19)16-8/h8-9,20H,1-7,13H2,(H,14,18)(H,15,17)(H,16,19)/t8-,9-/m0/s1. The Morgan fingerprint density at radius 2 is 1.85 bits per heavy atom. The van der Waals surface area contributed by atoms with Gasteiger partial charge in [0.15, 0.2) is 0 Å². The van der Waals surface area contributed by atoms with Gasteiger partial charge in [0.25, 0.3) is 0 Å². The van der Waals surface area contributed by atoms with Crippen LogP contribution in [0.1, 0.15) is 25.7 Å². The van der Waals surface area contributed by atoms with Crippen LogP contribution in [-0.2, 0) is 14.4 Å². The molecule has 2 atom stereocenters. The van der Waals surface area contributed by atoms with E-state index in [2.05, 4.69) is 28.6 Å². The van der Waals surface area contributed by atoms with Gasteiger partial charge in [0, 0.05) is 18.7 Å². The van der Waals surface area contributed by atoms with Crippen LogP contribution in [0.25, 0.3) is 0 Å². The van der Waals surface area contributed by atoms with E-state index in [1.807, 2.05) is 0 Å². The monoisotopic (exact) mass is 302 g/mol. The van der Waals surface area contributed by atoms with Crippen LogP contribution in [-0.4, -0.2) is 48.6 Å². The summed E-state index contributed by atoms with van der Waals surface area (Å²) in [5.41, 5.74) is 5.42. The van der Waals surface area contributed by atoms with E-state index in [1.165, 1.54) is 0 Å². The minimum Gasteiger partial charge on any atom is -0.354 e. The molecule has 0 aliphatic carbocycles. The van der Waals surface area contributed by atoms with Crippen molar-refractivity contribution in [3.05, 3.63) is 0 Å². The topological polar surface area (TPSA) is 113 Å². The fraction of sp³-hybridized carbons (Fsp3) is 0.750. The van der Waals surface area contributed by atoms with E-state index in [0.29, 0.717) is 13.0 Å². The largest absolute Gasteiger partial charge is 0.354 e. The summed E-state index contributed by atoms with van der Waals surface area (Å²) < 4.78 is 0. The average Bonchev–Trinajstić information content (AvgIpc) is 2.42. The molecule has 0 aromatic rings. The molecule has 8 heteroatoms. The van der Waals surface area contributed by atoms with Crippen molar-refractivity contribution >= 4 is 30.4 Å². The molecule has 1 fully saturated rings. The third kappa shape index (κ3) is 5.38. The first-order valence-corrected chi connectivity index (χ1v) is 7.40. The van der Waals surface area contributed by atoms with E-state index >= 15 is 0 Å². The molecule has 1 aliphatic rings. The summed E-state index contributed by atoms with van der Waals surface area (Å²) in [6, 6.07) is -1.31. The lowest BCUT2D eigenvalue weighted by molar-refractivity contribution is -0.133. The fourth-order valence-electron chi connectivity index (χ4n) is 1.92. The Bertz CT molecular complexity index is 365. The van der Waals surface area contributed by atoms with Crippen LogP contribution in [0.2, 0.25) is 0 Å². The molecule has 5 N–H and O–H groups in total. The van der Waals surface area contributed by atoms with Crippen molar-refractivity contribution in [2.24, 2.45) is 5.73 Å². The lowest BCUT2D eigenvalue weighted by Crippen LogP contribution is -2.56. The summed E-state index contributed by atoms with van der Waals surface area (Å²) in [5.74, 6) is -0.735. The van der Waals surface area contributed by atoms with Crippen molar-refractivity contribution in [1.29, 1.82) is 0 Å². The molecule has 3 amide bonds. The van der Waals surface area contributed by atoms with E-state index in [-0.39, 0.29) is 36.4 Å². The first kappa shape index (κ1) is 16.8. The molecule has 0 radical (unpaired) electrons.